The Balaban J connectivity index is 1.47. The van der Waals surface area contributed by atoms with Gasteiger partial charge in [-0.15, -0.1) is 11.3 Å². The average Bonchev–Trinajstić information content (AvgIpc) is 3.00. The summed E-state index contributed by atoms with van der Waals surface area (Å²) in [6.45, 7) is 8.59. The fourth-order valence-electron chi connectivity index (χ4n) is 3.71. The van der Waals surface area contributed by atoms with Gasteiger partial charge in [-0.05, 0) is 52.6 Å². The standard InChI is InChI=1S/C17H28N4OS/c1-13-12-18-17(23-13)19-16(22)14(2)20-10-6-15(7-11-20)21-8-4-3-5-9-21/h12,14-15H,3-11H2,1-2H3,(H,18,19,22)/t14-/m0/s1. The summed E-state index contributed by atoms with van der Waals surface area (Å²) >= 11 is 1.53. The molecule has 0 aliphatic carbocycles. The van der Waals surface area contributed by atoms with Gasteiger partial charge in [0.2, 0.25) is 5.91 Å². The molecule has 23 heavy (non-hydrogen) atoms. The summed E-state index contributed by atoms with van der Waals surface area (Å²) in [5.74, 6) is 0.0655. The van der Waals surface area contributed by atoms with Gasteiger partial charge in [-0.1, -0.05) is 6.42 Å². The number of amides is 1. The Kier molecular flexibility index (Phi) is 5.67. The molecule has 128 valence electrons. The number of carbonyl (C=O) groups is 1. The van der Waals surface area contributed by atoms with Gasteiger partial charge in [0.1, 0.15) is 0 Å². The largest absolute Gasteiger partial charge is 0.301 e. The van der Waals surface area contributed by atoms with Crippen LogP contribution in [0.25, 0.3) is 0 Å². The number of thiazole rings is 1. The van der Waals surface area contributed by atoms with Gasteiger partial charge in [0.05, 0.1) is 6.04 Å². The molecule has 0 aromatic carbocycles. The quantitative estimate of drug-likeness (QED) is 0.918. The number of piperidine rings is 2. The molecular formula is C17H28N4OS. The smallest absolute Gasteiger partial charge is 0.243 e. The Bertz CT molecular complexity index is 518. The van der Waals surface area contributed by atoms with Crippen LogP contribution in [0, 0.1) is 6.92 Å². The highest BCUT2D eigenvalue weighted by molar-refractivity contribution is 7.15. The van der Waals surface area contributed by atoms with E-state index < -0.39 is 0 Å². The van der Waals surface area contributed by atoms with Gasteiger partial charge in [0.25, 0.3) is 0 Å². The third kappa shape index (κ3) is 4.31. The maximum atomic E-state index is 12.4. The molecule has 0 saturated carbocycles. The number of aryl methyl sites for hydroxylation is 1. The lowest BCUT2D eigenvalue weighted by molar-refractivity contribution is -0.121. The third-order valence-electron chi connectivity index (χ3n) is 5.18. The van der Waals surface area contributed by atoms with Gasteiger partial charge in [0.15, 0.2) is 5.13 Å². The van der Waals surface area contributed by atoms with E-state index in [0.717, 1.165) is 24.0 Å². The molecule has 0 spiro atoms. The SMILES string of the molecule is Cc1cnc(NC(=O)[C@H](C)N2CCC(N3CCCCC3)CC2)s1. The number of hydrogen-bond donors (Lipinski definition) is 1. The highest BCUT2D eigenvalue weighted by Gasteiger charge is 2.30. The van der Waals surface area contributed by atoms with E-state index in [2.05, 4.69) is 20.1 Å². The van der Waals surface area contributed by atoms with Gasteiger partial charge in [-0.25, -0.2) is 4.98 Å². The van der Waals surface area contributed by atoms with Crippen molar-refractivity contribution >= 4 is 22.4 Å². The first-order chi connectivity index (χ1) is 11.1. The van der Waals surface area contributed by atoms with E-state index in [1.165, 1.54) is 56.5 Å². The first-order valence-electron chi connectivity index (χ1n) is 8.85. The Morgan fingerprint density at radius 1 is 1.26 bits per heavy atom. The number of aromatic nitrogens is 1. The van der Waals surface area contributed by atoms with E-state index in [0.29, 0.717) is 5.13 Å². The zero-order chi connectivity index (χ0) is 16.2. The van der Waals surface area contributed by atoms with E-state index in [9.17, 15) is 4.79 Å². The minimum Gasteiger partial charge on any atom is -0.301 e. The lowest BCUT2D eigenvalue weighted by Crippen LogP contribution is -2.51. The van der Waals surface area contributed by atoms with Gasteiger partial charge in [0, 0.05) is 30.2 Å². The molecular weight excluding hydrogens is 308 g/mol. The van der Waals surface area contributed by atoms with Gasteiger partial charge in [-0.2, -0.15) is 0 Å². The van der Waals surface area contributed by atoms with Crippen LogP contribution in [-0.2, 0) is 4.79 Å². The van der Waals surface area contributed by atoms with Crippen LogP contribution in [0.4, 0.5) is 5.13 Å². The molecule has 1 N–H and O–H groups in total. The molecule has 2 saturated heterocycles. The average molecular weight is 337 g/mol. The summed E-state index contributed by atoms with van der Waals surface area (Å²) < 4.78 is 0. The second-order valence-electron chi connectivity index (χ2n) is 6.81. The molecule has 2 aliphatic rings. The van der Waals surface area contributed by atoms with Crippen LogP contribution in [0.5, 0.6) is 0 Å². The number of rotatable bonds is 4. The molecule has 6 heteroatoms. The number of likely N-dealkylation sites (tertiary alicyclic amines) is 2. The van der Waals surface area contributed by atoms with Crippen LogP contribution in [0.15, 0.2) is 6.20 Å². The molecule has 0 radical (unpaired) electrons. The second kappa shape index (κ2) is 7.73. The Morgan fingerprint density at radius 3 is 2.57 bits per heavy atom. The molecule has 1 atom stereocenters. The lowest BCUT2D eigenvalue weighted by Gasteiger charge is -2.41. The van der Waals surface area contributed by atoms with Crippen LogP contribution >= 0.6 is 11.3 Å². The van der Waals surface area contributed by atoms with E-state index in [4.69, 9.17) is 0 Å². The predicted molar refractivity (Wildman–Crippen MR) is 95.0 cm³/mol. The summed E-state index contributed by atoms with van der Waals surface area (Å²) in [6, 6.07) is 0.643. The molecule has 3 heterocycles. The minimum atomic E-state index is -0.0819. The molecule has 1 aromatic rings. The molecule has 5 nitrogen and oxygen atoms in total. The first-order valence-corrected chi connectivity index (χ1v) is 9.66. The van der Waals surface area contributed by atoms with Crippen molar-refractivity contribution in [2.24, 2.45) is 0 Å². The number of nitrogens with one attached hydrogen (secondary N) is 1. The maximum absolute atomic E-state index is 12.4. The third-order valence-corrected chi connectivity index (χ3v) is 6.01. The summed E-state index contributed by atoms with van der Waals surface area (Å²) in [5, 5.41) is 3.66. The Hall–Kier alpha value is -0.980. The highest BCUT2D eigenvalue weighted by Crippen LogP contribution is 2.23. The molecule has 1 amide bonds. The van der Waals surface area contributed by atoms with Crippen LogP contribution in [0.3, 0.4) is 0 Å². The van der Waals surface area contributed by atoms with Gasteiger partial charge in [-0.3, -0.25) is 9.69 Å². The van der Waals surface area contributed by atoms with Gasteiger partial charge < -0.3 is 10.2 Å². The van der Waals surface area contributed by atoms with Crippen molar-refractivity contribution in [1.29, 1.82) is 0 Å². The molecule has 0 bridgehead atoms. The topological polar surface area (TPSA) is 48.5 Å². The van der Waals surface area contributed by atoms with E-state index in [1.54, 1.807) is 6.20 Å². The van der Waals surface area contributed by atoms with Crippen molar-refractivity contribution < 1.29 is 4.79 Å². The normalized spacial score (nSPS) is 22.9. The van der Waals surface area contributed by atoms with Crippen LogP contribution in [0.2, 0.25) is 0 Å². The highest BCUT2D eigenvalue weighted by atomic mass is 32.1. The van der Waals surface area contributed by atoms with Crippen LogP contribution < -0.4 is 5.32 Å². The van der Waals surface area contributed by atoms with Crippen molar-refractivity contribution in [2.45, 2.75) is 58.0 Å². The van der Waals surface area contributed by atoms with Crippen molar-refractivity contribution in [2.75, 3.05) is 31.5 Å². The first kappa shape index (κ1) is 16.9. The zero-order valence-corrected chi connectivity index (χ0v) is 15.1. The molecule has 2 aliphatic heterocycles. The summed E-state index contributed by atoms with van der Waals surface area (Å²) in [4.78, 5) is 22.7. The number of hydrogen-bond acceptors (Lipinski definition) is 5. The molecule has 1 aromatic heterocycles. The lowest BCUT2D eigenvalue weighted by atomic mass is 9.99. The number of carbonyl (C=O) groups excluding carboxylic acids is 1. The van der Waals surface area contributed by atoms with E-state index >= 15 is 0 Å². The minimum absolute atomic E-state index is 0.0655. The Morgan fingerprint density at radius 2 is 1.96 bits per heavy atom. The van der Waals surface area contributed by atoms with E-state index in [-0.39, 0.29) is 11.9 Å². The number of anilines is 1. The van der Waals surface area contributed by atoms with Crippen molar-refractivity contribution in [3.05, 3.63) is 11.1 Å². The van der Waals surface area contributed by atoms with Crippen molar-refractivity contribution in [1.82, 2.24) is 14.8 Å². The molecule has 2 fully saturated rings. The molecule has 3 rings (SSSR count). The fourth-order valence-corrected chi connectivity index (χ4v) is 4.38. The fraction of sp³-hybridized carbons (Fsp3) is 0.765. The number of nitrogens with zero attached hydrogens (tertiary/aromatic N) is 3. The Labute approximate surface area is 143 Å². The molecule has 0 unspecified atom stereocenters. The summed E-state index contributed by atoms with van der Waals surface area (Å²) in [5.41, 5.74) is 0. The van der Waals surface area contributed by atoms with Crippen LogP contribution in [0.1, 0.15) is 43.9 Å². The summed E-state index contributed by atoms with van der Waals surface area (Å²) in [7, 11) is 0. The predicted octanol–water partition coefficient (Wildman–Crippen LogP) is 2.73. The van der Waals surface area contributed by atoms with Crippen LogP contribution in [-0.4, -0.2) is 59.0 Å². The second-order valence-corrected chi connectivity index (χ2v) is 8.04. The monoisotopic (exact) mass is 336 g/mol. The van der Waals surface area contributed by atoms with Gasteiger partial charge >= 0.3 is 0 Å². The maximum Gasteiger partial charge on any atom is 0.243 e. The zero-order valence-electron chi connectivity index (χ0n) is 14.3. The van der Waals surface area contributed by atoms with Crippen molar-refractivity contribution in [3.63, 3.8) is 0 Å². The summed E-state index contributed by atoms with van der Waals surface area (Å²) in [6.07, 6.45) is 8.28. The van der Waals surface area contributed by atoms with Crippen molar-refractivity contribution in [3.8, 4) is 0 Å². The van der Waals surface area contributed by atoms with E-state index in [1.807, 2.05) is 13.8 Å².